The Morgan fingerprint density at radius 3 is 0.600 bits per heavy atom. The summed E-state index contributed by atoms with van der Waals surface area (Å²) in [6.45, 7) is 0. The fourth-order valence-electron chi connectivity index (χ4n) is 0. The first-order chi connectivity index (χ1) is 0. The first-order valence-corrected chi connectivity index (χ1v) is 0. The number of hydrogen-bond donors (Lipinski definition) is 0. The van der Waals surface area contributed by atoms with Crippen LogP contribution < -0.4 is 0 Å². The van der Waals surface area contributed by atoms with Crippen molar-refractivity contribution in [3.05, 3.63) is 0 Å². The molecule has 0 aromatic carbocycles. The van der Waals surface area contributed by atoms with E-state index in [1.807, 2.05) is 0 Å². The number of rotatable bonds is 0. The second kappa shape index (κ2) is 381. The molecule has 0 radical (unpaired) electrons. The van der Waals surface area contributed by atoms with Gasteiger partial charge in [0.15, 0.2) is 0 Å². The molecule has 4 nitrogen and oxygen atoms in total. The summed E-state index contributed by atoms with van der Waals surface area (Å²) in [5.41, 5.74) is 0. The predicted molar refractivity (Wildman–Crippen MR) is 5.67 cm³/mol. The van der Waals surface area contributed by atoms with Crippen molar-refractivity contribution in [2.45, 2.75) is 0 Å². The summed E-state index contributed by atoms with van der Waals surface area (Å²) >= 11 is 0. The van der Waals surface area contributed by atoms with Crippen molar-refractivity contribution in [3.8, 4) is 0 Å². The smallest absolute Gasteiger partial charge is 2.00 e. The molecule has 0 amide bonds. The van der Waals surface area contributed by atoms with Crippen LogP contribution in [0.5, 0.6) is 0 Å². The van der Waals surface area contributed by atoms with E-state index in [0.29, 0.717) is 0 Å². The largest absolute Gasteiger partial charge is 6.00 e. The monoisotopic (exact) mass is 122 g/mol. The Morgan fingerprint density at radius 2 is 0.600 bits per heavy atom. The quantitative estimate of drug-likeness (QED) is 0.359. The van der Waals surface area contributed by atoms with Crippen molar-refractivity contribution in [3.63, 3.8) is 0 Å². The van der Waals surface area contributed by atoms with E-state index in [9.17, 15) is 0 Å². The van der Waals surface area contributed by atoms with Gasteiger partial charge in [-0.3, -0.25) is 0 Å². The maximum absolute atomic E-state index is 0. The van der Waals surface area contributed by atoms with Gasteiger partial charge in [-0.25, -0.2) is 0 Å². The normalized spacial score (nSPS) is 0. The zero-order valence-corrected chi connectivity index (χ0v) is 3.18. The van der Waals surface area contributed by atoms with Gasteiger partial charge in [-0.1, -0.05) is 0 Å². The first-order valence-electron chi connectivity index (χ1n) is 0. The third-order valence-electron chi connectivity index (χ3n) is 0. The van der Waals surface area contributed by atoms with Crippen molar-refractivity contribution in [2.75, 3.05) is 0 Å². The zero-order valence-electron chi connectivity index (χ0n) is 2.08. The summed E-state index contributed by atoms with van der Waals surface area (Å²) in [6, 6.07) is 0. The molecule has 5 heavy (non-hydrogen) atoms. The second-order valence-electron chi connectivity index (χ2n) is 0. The average molecular weight is 122 g/mol. The summed E-state index contributed by atoms with van der Waals surface area (Å²) in [4.78, 5) is 0. The van der Waals surface area contributed by atoms with Crippen molar-refractivity contribution < 1.29 is 39.0 Å². The van der Waals surface area contributed by atoms with E-state index in [1.165, 1.54) is 0 Å². The van der Waals surface area contributed by atoms with E-state index in [-0.39, 0.29) is 39.0 Å². The average Bonchev–Trinajstić information content (AvgIpc) is 0. The summed E-state index contributed by atoms with van der Waals surface area (Å²) in [5.74, 6) is 0. The SMILES string of the molecule is O.[Fe+6].[O-2].[O-2].[O-2]. The van der Waals surface area contributed by atoms with Gasteiger partial charge in [0.25, 0.3) is 0 Å². The number of hydrogen-bond acceptors (Lipinski definition) is 0. The predicted octanol–water partition coefficient (Wildman–Crippen LogP) is -1.18. The molecule has 0 saturated heterocycles. The molecule has 0 heterocycles. The van der Waals surface area contributed by atoms with Crippen LogP contribution in [0.2, 0.25) is 0 Å². The van der Waals surface area contributed by atoms with Crippen LogP contribution >= 0.6 is 0 Å². The summed E-state index contributed by atoms with van der Waals surface area (Å²) in [6.07, 6.45) is 0. The van der Waals surface area contributed by atoms with Crippen molar-refractivity contribution >= 4 is 0 Å². The fourth-order valence-corrected chi connectivity index (χ4v) is 0. The van der Waals surface area contributed by atoms with Crippen LogP contribution in [0.3, 0.4) is 0 Å². The molecule has 0 atom stereocenters. The van der Waals surface area contributed by atoms with E-state index >= 15 is 0 Å². The van der Waals surface area contributed by atoms with E-state index in [2.05, 4.69) is 0 Å². The van der Waals surface area contributed by atoms with Crippen molar-refractivity contribution in [1.82, 2.24) is 0 Å². The van der Waals surface area contributed by atoms with Gasteiger partial charge in [-0.2, -0.15) is 0 Å². The molecule has 0 aliphatic heterocycles. The minimum absolute atomic E-state index is 0. The molecule has 0 aromatic rings. The minimum atomic E-state index is 0. The van der Waals surface area contributed by atoms with Crippen molar-refractivity contribution in [2.24, 2.45) is 0 Å². The van der Waals surface area contributed by atoms with E-state index < -0.39 is 0 Å². The molecule has 2 N–H and O–H groups in total. The van der Waals surface area contributed by atoms with Crippen LogP contribution in [0.25, 0.3) is 0 Å². The van der Waals surface area contributed by atoms with Crippen LogP contribution in [-0.2, 0) is 33.5 Å². The Balaban J connectivity index is 0. The van der Waals surface area contributed by atoms with Gasteiger partial charge in [-0.05, 0) is 0 Å². The van der Waals surface area contributed by atoms with Crippen LogP contribution in [0.1, 0.15) is 0 Å². The van der Waals surface area contributed by atoms with Crippen LogP contribution in [0, 0.1) is 0 Å². The summed E-state index contributed by atoms with van der Waals surface area (Å²) in [7, 11) is 0. The van der Waals surface area contributed by atoms with Gasteiger partial charge in [0.2, 0.25) is 0 Å². The molecule has 0 aliphatic rings. The molecular formula is H2FeO4. The van der Waals surface area contributed by atoms with E-state index in [4.69, 9.17) is 0 Å². The van der Waals surface area contributed by atoms with Gasteiger partial charge >= 0.3 is 17.1 Å². The van der Waals surface area contributed by atoms with Gasteiger partial charge in [0.1, 0.15) is 0 Å². The molecule has 0 aromatic heterocycles. The molecule has 0 spiro atoms. The zero-order chi connectivity index (χ0) is 0. The molecule has 0 saturated carbocycles. The van der Waals surface area contributed by atoms with Gasteiger partial charge in [-0.15, -0.1) is 0 Å². The maximum Gasteiger partial charge on any atom is 6.00 e. The molecule has 0 rings (SSSR count). The minimum Gasteiger partial charge on any atom is -2.00 e. The molecule has 34 valence electrons. The van der Waals surface area contributed by atoms with Gasteiger partial charge in [0.05, 0.1) is 0 Å². The van der Waals surface area contributed by atoms with Gasteiger partial charge in [0, 0.05) is 0 Å². The van der Waals surface area contributed by atoms with Crippen molar-refractivity contribution in [1.29, 1.82) is 0 Å². The summed E-state index contributed by atoms with van der Waals surface area (Å²) < 4.78 is 0. The van der Waals surface area contributed by atoms with Gasteiger partial charge < -0.3 is 21.9 Å². The molecule has 0 aliphatic carbocycles. The van der Waals surface area contributed by atoms with E-state index in [0.717, 1.165) is 0 Å². The Morgan fingerprint density at radius 1 is 0.600 bits per heavy atom. The van der Waals surface area contributed by atoms with Crippen LogP contribution in [0.15, 0.2) is 0 Å². The molecule has 0 bridgehead atoms. The fraction of sp³-hybridized carbons (Fsp3) is 0. The topological polar surface area (TPSA) is 117 Å². The Bertz CT molecular complexity index is 3.61. The molecule has 0 unspecified atom stereocenters. The second-order valence-corrected chi connectivity index (χ2v) is 0. The molecule has 0 fully saturated rings. The molecule has 5 heteroatoms. The first kappa shape index (κ1) is 788. The Labute approximate surface area is 39.9 Å². The standard InChI is InChI=1S/Fe.H2O.3O/h;1H2;;;/q+6;;3*-2. The van der Waals surface area contributed by atoms with Crippen LogP contribution in [-0.4, -0.2) is 5.48 Å². The third kappa shape index (κ3) is 188. The Kier molecular flexibility index (Phi) is 60000. The van der Waals surface area contributed by atoms with E-state index in [1.54, 1.807) is 0 Å². The summed E-state index contributed by atoms with van der Waals surface area (Å²) in [5, 5.41) is 0. The van der Waals surface area contributed by atoms with Crippen LogP contribution in [0.4, 0.5) is 0 Å². The Hall–Kier alpha value is 0.359. The maximum atomic E-state index is 0. The third-order valence-corrected chi connectivity index (χ3v) is 0. The molecular weight excluding hydrogens is 120 g/mol.